The lowest BCUT2D eigenvalue weighted by Gasteiger charge is -2.04. The molecule has 1 amide bonds. The molecule has 0 aliphatic carbocycles. The molecule has 0 unspecified atom stereocenters. The summed E-state index contributed by atoms with van der Waals surface area (Å²) in [4.78, 5) is 28.8. The number of thiophene rings is 1. The molecule has 2 aromatic heterocycles. The summed E-state index contributed by atoms with van der Waals surface area (Å²) in [5.41, 5.74) is -0.721. The van der Waals surface area contributed by atoms with Gasteiger partial charge in [-0.25, -0.2) is 9.18 Å². The zero-order valence-electron chi connectivity index (χ0n) is 9.57. The molecule has 5 nitrogen and oxygen atoms in total. The Hall–Kier alpha value is -1.73. The monoisotopic (exact) mass is 301 g/mol. The molecule has 2 heterocycles. The molecule has 0 fully saturated rings. The van der Waals surface area contributed by atoms with Gasteiger partial charge in [0.25, 0.3) is 0 Å². The van der Waals surface area contributed by atoms with Crippen LogP contribution in [0.2, 0.25) is 5.02 Å². The van der Waals surface area contributed by atoms with Crippen molar-refractivity contribution >= 4 is 34.7 Å². The van der Waals surface area contributed by atoms with Crippen LogP contribution in [0.3, 0.4) is 0 Å². The van der Waals surface area contributed by atoms with E-state index in [1.807, 2.05) is 0 Å². The molecule has 0 aromatic carbocycles. The SMILES string of the molecule is O=C(CCc1cc(Cl)cs1)Nc1[nH]c(=O)ncc1F. The lowest BCUT2D eigenvalue weighted by Crippen LogP contribution is -2.19. The first-order valence-corrected chi connectivity index (χ1v) is 6.58. The molecular formula is C11H9ClFN3O2S. The zero-order valence-corrected chi connectivity index (χ0v) is 11.1. The van der Waals surface area contributed by atoms with Gasteiger partial charge in [0, 0.05) is 16.7 Å². The Bertz CT molecular complexity index is 655. The Labute approximate surface area is 116 Å². The van der Waals surface area contributed by atoms with Gasteiger partial charge in [0.05, 0.1) is 11.2 Å². The Morgan fingerprint density at radius 3 is 3.05 bits per heavy atom. The number of carbonyl (C=O) groups excluding carboxylic acids is 1. The number of hydrogen-bond acceptors (Lipinski definition) is 4. The summed E-state index contributed by atoms with van der Waals surface area (Å²) in [6.45, 7) is 0. The summed E-state index contributed by atoms with van der Waals surface area (Å²) in [7, 11) is 0. The molecule has 0 saturated heterocycles. The summed E-state index contributed by atoms with van der Waals surface area (Å²) >= 11 is 7.21. The smallest absolute Gasteiger partial charge is 0.310 e. The quantitative estimate of drug-likeness (QED) is 0.909. The fraction of sp³-hybridized carbons (Fsp3) is 0.182. The summed E-state index contributed by atoms with van der Waals surface area (Å²) in [5.74, 6) is -1.45. The van der Waals surface area contributed by atoms with Crippen molar-refractivity contribution in [3.05, 3.63) is 43.8 Å². The molecule has 19 heavy (non-hydrogen) atoms. The lowest BCUT2D eigenvalue weighted by molar-refractivity contribution is -0.116. The Morgan fingerprint density at radius 1 is 1.58 bits per heavy atom. The molecule has 0 spiro atoms. The lowest BCUT2D eigenvalue weighted by atomic mass is 10.2. The second-order valence-electron chi connectivity index (χ2n) is 3.69. The topological polar surface area (TPSA) is 74.8 Å². The van der Waals surface area contributed by atoms with Gasteiger partial charge in [0.1, 0.15) is 0 Å². The molecule has 2 N–H and O–H groups in total. The van der Waals surface area contributed by atoms with E-state index in [-0.39, 0.29) is 12.2 Å². The van der Waals surface area contributed by atoms with Crippen molar-refractivity contribution in [1.29, 1.82) is 0 Å². The summed E-state index contributed by atoms with van der Waals surface area (Å²) < 4.78 is 13.2. The maximum Gasteiger partial charge on any atom is 0.346 e. The minimum atomic E-state index is -0.785. The van der Waals surface area contributed by atoms with E-state index in [1.54, 1.807) is 11.4 Å². The van der Waals surface area contributed by atoms with Crippen molar-refractivity contribution < 1.29 is 9.18 Å². The van der Waals surface area contributed by atoms with Crippen molar-refractivity contribution in [3.8, 4) is 0 Å². The van der Waals surface area contributed by atoms with E-state index >= 15 is 0 Å². The van der Waals surface area contributed by atoms with Crippen LogP contribution in [0.5, 0.6) is 0 Å². The van der Waals surface area contributed by atoms with Gasteiger partial charge in [-0.1, -0.05) is 11.6 Å². The highest BCUT2D eigenvalue weighted by atomic mass is 35.5. The van der Waals surface area contributed by atoms with Gasteiger partial charge in [0.15, 0.2) is 11.6 Å². The molecule has 0 saturated carbocycles. The number of aromatic nitrogens is 2. The predicted octanol–water partition coefficient (Wildman–Crippen LogP) is 2.20. The molecule has 2 rings (SSSR count). The summed E-state index contributed by atoms with van der Waals surface area (Å²) in [6, 6.07) is 1.77. The molecule has 8 heteroatoms. The number of carbonyl (C=O) groups is 1. The number of nitrogens with zero attached hydrogens (tertiary/aromatic N) is 1. The molecule has 0 bridgehead atoms. The minimum Gasteiger partial charge on any atom is -0.310 e. The number of nitrogens with one attached hydrogen (secondary N) is 2. The third kappa shape index (κ3) is 3.87. The highest BCUT2D eigenvalue weighted by Gasteiger charge is 2.09. The standard InChI is InChI=1S/C11H9ClFN3O2S/c12-6-3-7(19-5-6)1-2-9(17)15-10-8(13)4-14-11(18)16-10/h3-5H,1-2H2,(H2,14,15,16,17,18). The van der Waals surface area contributed by atoms with E-state index < -0.39 is 17.4 Å². The average molecular weight is 302 g/mol. The number of amides is 1. The predicted molar refractivity (Wildman–Crippen MR) is 71.1 cm³/mol. The number of rotatable bonds is 4. The van der Waals surface area contributed by atoms with Gasteiger partial charge < -0.3 is 5.32 Å². The van der Waals surface area contributed by atoms with Crippen LogP contribution < -0.4 is 11.0 Å². The van der Waals surface area contributed by atoms with Crippen molar-refractivity contribution in [2.45, 2.75) is 12.8 Å². The first kappa shape index (κ1) is 13.7. The van der Waals surface area contributed by atoms with Crippen molar-refractivity contribution in [1.82, 2.24) is 9.97 Å². The highest BCUT2D eigenvalue weighted by Crippen LogP contribution is 2.20. The first-order chi connectivity index (χ1) is 9.04. The van der Waals surface area contributed by atoms with E-state index in [0.29, 0.717) is 11.4 Å². The number of aryl methyl sites for hydroxylation is 1. The van der Waals surface area contributed by atoms with Crippen LogP contribution in [0.25, 0.3) is 0 Å². The molecular weight excluding hydrogens is 293 g/mol. The van der Waals surface area contributed by atoms with Crippen LogP contribution in [0.4, 0.5) is 10.2 Å². The van der Waals surface area contributed by atoms with Crippen LogP contribution >= 0.6 is 22.9 Å². The molecule has 0 atom stereocenters. The number of halogens is 2. The first-order valence-electron chi connectivity index (χ1n) is 5.32. The Morgan fingerprint density at radius 2 is 2.37 bits per heavy atom. The number of hydrogen-bond donors (Lipinski definition) is 2. The van der Waals surface area contributed by atoms with E-state index in [2.05, 4.69) is 15.3 Å². The molecule has 0 aliphatic heterocycles. The summed E-state index contributed by atoms with van der Waals surface area (Å²) in [5, 5.41) is 4.69. The third-order valence-corrected chi connectivity index (χ3v) is 3.59. The van der Waals surface area contributed by atoms with Gasteiger partial charge in [-0.3, -0.25) is 9.78 Å². The Kier molecular flexibility index (Phi) is 4.28. The maximum absolute atomic E-state index is 13.2. The fourth-order valence-corrected chi connectivity index (χ4v) is 2.47. The molecule has 0 aliphatic rings. The largest absolute Gasteiger partial charge is 0.346 e. The van der Waals surface area contributed by atoms with Crippen LogP contribution in [-0.4, -0.2) is 15.9 Å². The van der Waals surface area contributed by atoms with E-state index in [9.17, 15) is 14.0 Å². The number of H-pyrrole nitrogens is 1. The minimum absolute atomic E-state index is 0.167. The van der Waals surface area contributed by atoms with E-state index in [4.69, 9.17) is 11.6 Å². The summed E-state index contributed by atoms with van der Waals surface area (Å²) in [6.07, 6.45) is 1.42. The van der Waals surface area contributed by atoms with E-state index in [0.717, 1.165) is 11.1 Å². The van der Waals surface area contributed by atoms with Crippen molar-refractivity contribution in [3.63, 3.8) is 0 Å². The van der Waals surface area contributed by atoms with Crippen molar-refractivity contribution in [2.24, 2.45) is 0 Å². The van der Waals surface area contributed by atoms with Gasteiger partial charge >= 0.3 is 5.69 Å². The van der Waals surface area contributed by atoms with Gasteiger partial charge in [-0.15, -0.1) is 11.3 Å². The van der Waals surface area contributed by atoms with Crippen LogP contribution in [0, 0.1) is 5.82 Å². The molecule has 2 aromatic rings. The third-order valence-electron chi connectivity index (χ3n) is 2.25. The van der Waals surface area contributed by atoms with Gasteiger partial charge in [-0.2, -0.15) is 4.98 Å². The highest BCUT2D eigenvalue weighted by molar-refractivity contribution is 7.10. The van der Waals surface area contributed by atoms with E-state index in [1.165, 1.54) is 11.3 Å². The van der Waals surface area contributed by atoms with Gasteiger partial charge in [0.2, 0.25) is 5.91 Å². The zero-order chi connectivity index (χ0) is 13.8. The average Bonchev–Trinajstić information content (AvgIpc) is 2.77. The van der Waals surface area contributed by atoms with Gasteiger partial charge in [-0.05, 0) is 12.5 Å². The van der Waals surface area contributed by atoms with Crippen LogP contribution in [0.15, 0.2) is 22.4 Å². The number of aromatic amines is 1. The maximum atomic E-state index is 13.2. The second kappa shape index (κ2) is 5.94. The fourth-order valence-electron chi connectivity index (χ4n) is 1.39. The molecule has 100 valence electrons. The Balaban J connectivity index is 1.94. The van der Waals surface area contributed by atoms with Crippen molar-refractivity contribution in [2.75, 3.05) is 5.32 Å². The van der Waals surface area contributed by atoms with Crippen LogP contribution in [-0.2, 0) is 11.2 Å². The second-order valence-corrected chi connectivity index (χ2v) is 5.12. The molecule has 0 radical (unpaired) electrons. The normalized spacial score (nSPS) is 10.4. The van der Waals surface area contributed by atoms with Crippen LogP contribution in [0.1, 0.15) is 11.3 Å². The number of anilines is 1.